The molecule has 2 aliphatic carbocycles. The van der Waals surface area contributed by atoms with E-state index in [4.69, 9.17) is 10.00 Å². The van der Waals surface area contributed by atoms with Crippen molar-refractivity contribution in [2.45, 2.75) is 12.3 Å². The van der Waals surface area contributed by atoms with E-state index < -0.39 is 18.9 Å². The third-order valence-corrected chi connectivity index (χ3v) is 2.62. The van der Waals surface area contributed by atoms with Crippen LogP contribution in [0, 0.1) is 29.1 Å². The maximum absolute atomic E-state index is 11.8. The van der Waals surface area contributed by atoms with Crippen LogP contribution in [0.2, 0.25) is 0 Å². The number of nitriles is 1. The zero-order valence-corrected chi connectivity index (χ0v) is 7.16. The normalized spacial score (nSPS) is 39.3. The average Bonchev–Trinajstić information content (AvgIpc) is 2.63. The topological polar surface area (TPSA) is 33.0 Å². The summed E-state index contributed by atoms with van der Waals surface area (Å²) >= 11 is 0. The molecule has 1 fully saturated rings. The predicted octanol–water partition coefficient (Wildman–Crippen LogP) is 1.89. The van der Waals surface area contributed by atoms with Crippen molar-refractivity contribution in [1.29, 1.82) is 5.26 Å². The monoisotopic (exact) mass is 203 g/mol. The zero-order chi connectivity index (χ0) is 10.3. The maximum Gasteiger partial charge on any atom is 0.411 e. The second-order valence-corrected chi connectivity index (χ2v) is 3.59. The maximum atomic E-state index is 11.8. The summed E-state index contributed by atoms with van der Waals surface area (Å²) in [7, 11) is 0. The third-order valence-electron chi connectivity index (χ3n) is 2.62. The molecule has 0 saturated heterocycles. The van der Waals surface area contributed by atoms with E-state index in [-0.39, 0.29) is 17.8 Å². The summed E-state index contributed by atoms with van der Waals surface area (Å²) in [5.41, 5.74) is 0. The van der Waals surface area contributed by atoms with Crippen LogP contribution in [0.5, 0.6) is 0 Å². The average molecular weight is 203 g/mol. The molecule has 2 nitrogen and oxygen atoms in total. The lowest BCUT2D eigenvalue weighted by Gasteiger charge is -2.13. The molecule has 5 heteroatoms. The minimum Gasteiger partial charge on any atom is -0.364 e. The van der Waals surface area contributed by atoms with Crippen molar-refractivity contribution in [3.8, 4) is 6.07 Å². The molecule has 0 radical (unpaired) electrons. The number of fused-ring (bicyclic) bond motifs is 1. The van der Waals surface area contributed by atoms with Gasteiger partial charge in [-0.15, -0.1) is 0 Å². The first-order valence-corrected chi connectivity index (χ1v) is 4.29. The van der Waals surface area contributed by atoms with Gasteiger partial charge >= 0.3 is 6.18 Å². The predicted molar refractivity (Wildman–Crippen MR) is 41.0 cm³/mol. The van der Waals surface area contributed by atoms with Gasteiger partial charge in [0.15, 0.2) is 0 Å². The molecule has 0 aliphatic heterocycles. The standard InChI is InChI=1S/C9H8F3NO/c10-9(11,12)4-14-7-2-1-5-6(3-13)8(5)7/h1-2,5-8H,4H2/t5-,6+,7-,8-/m0/s1. The number of hydrogen-bond acceptors (Lipinski definition) is 2. The molecule has 0 bridgehead atoms. The summed E-state index contributed by atoms with van der Waals surface area (Å²) < 4.78 is 40.1. The second kappa shape index (κ2) is 2.99. The Morgan fingerprint density at radius 1 is 1.36 bits per heavy atom. The van der Waals surface area contributed by atoms with Gasteiger partial charge in [0.05, 0.1) is 18.1 Å². The number of hydrogen-bond donors (Lipinski definition) is 0. The molecular weight excluding hydrogens is 195 g/mol. The quantitative estimate of drug-likeness (QED) is 0.642. The Bertz CT molecular complexity index is 304. The molecule has 0 spiro atoms. The smallest absolute Gasteiger partial charge is 0.364 e. The summed E-state index contributed by atoms with van der Waals surface area (Å²) in [5, 5.41) is 8.60. The molecule has 0 aromatic rings. The second-order valence-electron chi connectivity index (χ2n) is 3.59. The first kappa shape index (κ1) is 9.53. The molecule has 2 aliphatic rings. The molecule has 0 unspecified atom stereocenters. The van der Waals surface area contributed by atoms with Gasteiger partial charge in [-0.25, -0.2) is 0 Å². The number of allylic oxidation sites excluding steroid dienone is 1. The Morgan fingerprint density at radius 3 is 2.57 bits per heavy atom. The number of nitrogens with zero attached hydrogens (tertiary/aromatic N) is 1. The van der Waals surface area contributed by atoms with Crippen molar-refractivity contribution in [1.82, 2.24) is 0 Å². The Balaban J connectivity index is 1.85. The van der Waals surface area contributed by atoms with E-state index in [0.29, 0.717) is 0 Å². The Labute approximate surface area is 79.0 Å². The van der Waals surface area contributed by atoms with Gasteiger partial charge in [0, 0.05) is 5.92 Å². The summed E-state index contributed by atoms with van der Waals surface area (Å²) in [4.78, 5) is 0. The largest absolute Gasteiger partial charge is 0.411 e. The van der Waals surface area contributed by atoms with Crippen LogP contribution in [0.3, 0.4) is 0 Å². The van der Waals surface area contributed by atoms with E-state index in [2.05, 4.69) is 6.07 Å². The van der Waals surface area contributed by atoms with E-state index in [1.165, 1.54) is 0 Å². The molecular formula is C9H8F3NO. The lowest BCUT2D eigenvalue weighted by Crippen LogP contribution is -2.23. The minimum absolute atomic E-state index is 0.0395. The molecule has 0 aromatic carbocycles. The van der Waals surface area contributed by atoms with Crippen LogP contribution in [0.25, 0.3) is 0 Å². The molecule has 2 rings (SSSR count). The SMILES string of the molecule is N#C[C@@H]1[C@@H]2C=C[C@H](OCC(F)(F)F)[C@H]12. The van der Waals surface area contributed by atoms with Crippen LogP contribution in [-0.2, 0) is 4.74 Å². The highest BCUT2D eigenvalue weighted by atomic mass is 19.4. The highest BCUT2D eigenvalue weighted by Crippen LogP contribution is 2.54. The number of ether oxygens (including phenoxy) is 1. The molecule has 76 valence electrons. The van der Waals surface area contributed by atoms with Crippen LogP contribution in [0.15, 0.2) is 12.2 Å². The Kier molecular flexibility index (Phi) is 2.04. The molecule has 0 N–H and O–H groups in total. The van der Waals surface area contributed by atoms with Crippen LogP contribution >= 0.6 is 0 Å². The fourth-order valence-corrected chi connectivity index (χ4v) is 1.93. The van der Waals surface area contributed by atoms with Crippen LogP contribution < -0.4 is 0 Å². The van der Waals surface area contributed by atoms with Gasteiger partial charge in [-0.1, -0.05) is 12.2 Å². The summed E-state index contributed by atoms with van der Waals surface area (Å²) in [5.74, 6) is -0.0567. The van der Waals surface area contributed by atoms with Gasteiger partial charge in [-0.2, -0.15) is 18.4 Å². The molecule has 0 aromatic heterocycles. The fraction of sp³-hybridized carbons (Fsp3) is 0.667. The lowest BCUT2D eigenvalue weighted by molar-refractivity contribution is -0.182. The van der Waals surface area contributed by atoms with E-state index in [1.54, 1.807) is 12.2 Å². The van der Waals surface area contributed by atoms with Gasteiger partial charge in [0.2, 0.25) is 0 Å². The summed E-state index contributed by atoms with van der Waals surface area (Å²) in [6, 6.07) is 2.06. The first-order chi connectivity index (χ1) is 6.53. The van der Waals surface area contributed by atoms with Gasteiger partial charge < -0.3 is 4.74 Å². The molecule has 0 heterocycles. The van der Waals surface area contributed by atoms with Gasteiger partial charge in [0.25, 0.3) is 0 Å². The van der Waals surface area contributed by atoms with Crippen molar-refractivity contribution in [2.75, 3.05) is 6.61 Å². The fourth-order valence-electron chi connectivity index (χ4n) is 1.93. The van der Waals surface area contributed by atoms with Crippen molar-refractivity contribution in [2.24, 2.45) is 17.8 Å². The van der Waals surface area contributed by atoms with Gasteiger partial charge in [-0.05, 0) is 5.92 Å². The lowest BCUT2D eigenvalue weighted by atomic mass is 10.2. The molecule has 0 amide bonds. The van der Waals surface area contributed by atoms with Gasteiger partial charge in [0.1, 0.15) is 6.61 Å². The zero-order valence-electron chi connectivity index (χ0n) is 7.16. The van der Waals surface area contributed by atoms with E-state index in [9.17, 15) is 13.2 Å². The van der Waals surface area contributed by atoms with E-state index in [0.717, 1.165) is 0 Å². The molecule has 4 atom stereocenters. The summed E-state index contributed by atoms with van der Waals surface area (Å²) in [6.07, 6.45) is -1.41. The number of alkyl halides is 3. The number of halogens is 3. The van der Waals surface area contributed by atoms with Gasteiger partial charge in [-0.3, -0.25) is 0 Å². The Hall–Kier alpha value is -1.02. The van der Waals surface area contributed by atoms with E-state index >= 15 is 0 Å². The van der Waals surface area contributed by atoms with Crippen molar-refractivity contribution < 1.29 is 17.9 Å². The number of rotatable bonds is 2. The van der Waals surface area contributed by atoms with Crippen molar-refractivity contribution >= 4 is 0 Å². The van der Waals surface area contributed by atoms with Crippen LogP contribution in [0.4, 0.5) is 13.2 Å². The highest BCUT2D eigenvalue weighted by Gasteiger charge is 2.56. The van der Waals surface area contributed by atoms with E-state index in [1.807, 2.05) is 0 Å². The minimum atomic E-state index is -4.29. The highest BCUT2D eigenvalue weighted by molar-refractivity contribution is 5.27. The summed E-state index contributed by atoms with van der Waals surface area (Å²) in [6.45, 7) is -1.23. The van der Waals surface area contributed by atoms with Crippen molar-refractivity contribution in [3.05, 3.63) is 12.2 Å². The van der Waals surface area contributed by atoms with Crippen LogP contribution in [-0.4, -0.2) is 18.9 Å². The van der Waals surface area contributed by atoms with Crippen molar-refractivity contribution in [3.63, 3.8) is 0 Å². The van der Waals surface area contributed by atoms with Crippen LogP contribution in [0.1, 0.15) is 0 Å². The first-order valence-electron chi connectivity index (χ1n) is 4.29. The molecule has 1 saturated carbocycles. The Morgan fingerprint density at radius 2 is 2.07 bits per heavy atom. The third kappa shape index (κ3) is 1.62. The molecule has 14 heavy (non-hydrogen) atoms.